The molecule has 0 spiro atoms. The topological polar surface area (TPSA) is 71.5 Å². The smallest absolute Gasteiger partial charge is 0.230 e. The Labute approximate surface area is 203 Å². The zero-order valence-corrected chi connectivity index (χ0v) is 19.4. The van der Waals surface area contributed by atoms with Crippen LogP contribution in [0.2, 0.25) is 0 Å². The van der Waals surface area contributed by atoms with Crippen LogP contribution in [0.5, 0.6) is 0 Å². The predicted molar refractivity (Wildman–Crippen MR) is 127 cm³/mol. The van der Waals surface area contributed by atoms with Crippen molar-refractivity contribution in [2.24, 2.45) is 0 Å². The van der Waals surface area contributed by atoms with Crippen LogP contribution in [0.15, 0.2) is 36.7 Å². The molecule has 2 heterocycles. The molecule has 0 bridgehead atoms. The second-order valence-corrected chi connectivity index (χ2v) is 9.67. The van der Waals surface area contributed by atoms with Crippen LogP contribution in [-0.4, -0.2) is 68.6 Å². The van der Waals surface area contributed by atoms with Crippen LogP contribution in [0.3, 0.4) is 0 Å². The van der Waals surface area contributed by atoms with Gasteiger partial charge in [0.25, 0.3) is 0 Å². The van der Waals surface area contributed by atoms with E-state index in [-0.39, 0.29) is 17.5 Å². The summed E-state index contributed by atoms with van der Waals surface area (Å²) in [7, 11) is 0. The summed E-state index contributed by atoms with van der Waals surface area (Å²) in [5, 5.41) is 11.4. The van der Waals surface area contributed by atoms with Gasteiger partial charge < -0.3 is 4.90 Å². The second-order valence-electron chi connectivity index (χ2n) is 9.67. The van der Waals surface area contributed by atoms with E-state index in [1.165, 1.54) is 11.6 Å². The number of piperazine rings is 1. The number of nitrogens with zero attached hydrogens (tertiary/aromatic N) is 7. The van der Waals surface area contributed by atoms with E-state index in [1.54, 1.807) is 11.0 Å². The minimum Gasteiger partial charge on any atom is -0.340 e. The number of halogens is 1. The van der Waals surface area contributed by atoms with Gasteiger partial charge in [0, 0.05) is 32.7 Å². The number of aromatic nitrogens is 4. The molecule has 3 aliphatic rings. The van der Waals surface area contributed by atoms with Crippen molar-refractivity contribution in [2.45, 2.75) is 37.5 Å². The number of fused-ring (bicyclic) bond motifs is 2. The molecule has 8 nitrogen and oxygen atoms in total. The Bertz CT molecular complexity index is 1310. The molecule has 0 N–H and O–H groups in total. The highest BCUT2D eigenvalue weighted by Gasteiger charge is 2.34. The van der Waals surface area contributed by atoms with E-state index in [0.29, 0.717) is 5.92 Å². The molecule has 0 saturated carbocycles. The van der Waals surface area contributed by atoms with Gasteiger partial charge in [0.05, 0.1) is 18.2 Å². The van der Waals surface area contributed by atoms with Crippen molar-refractivity contribution >= 4 is 11.6 Å². The molecular weight excluding hydrogens is 445 g/mol. The van der Waals surface area contributed by atoms with Crippen molar-refractivity contribution in [3.05, 3.63) is 76.1 Å². The zero-order valence-electron chi connectivity index (χ0n) is 19.4. The van der Waals surface area contributed by atoms with E-state index in [4.69, 9.17) is 6.57 Å². The molecule has 1 saturated heterocycles. The van der Waals surface area contributed by atoms with Gasteiger partial charge in [-0.25, -0.2) is 13.9 Å². The fraction of sp³-hybridized carbons (Fsp3) is 0.423. The van der Waals surface area contributed by atoms with E-state index < -0.39 is 5.82 Å². The minimum absolute atomic E-state index is 0.0804. The van der Waals surface area contributed by atoms with Crippen molar-refractivity contribution in [3.8, 4) is 5.69 Å². The molecule has 2 aliphatic carbocycles. The number of benzene rings is 2. The summed E-state index contributed by atoms with van der Waals surface area (Å²) in [6.07, 6.45) is 5.02. The number of aryl methyl sites for hydroxylation is 1. The number of amides is 1. The van der Waals surface area contributed by atoms with Crippen molar-refractivity contribution < 1.29 is 9.18 Å². The third-order valence-corrected chi connectivity index (χ3v) is 7.84. The first-order valence-corrected chi connectivity index (χ1v) is 12.2. The van der Waals surface area contributed by atoms with Crippen molar-refractivity contribution in [1.29, 1.82) is 0 Å². The third kappa shape index (κ3) is 3.88. The molecule has 2 unspecified atom stereocenters. The molecule has 1 aromatic heterocycles. The van der Waals surface area contributed by atoms with Crippen molar-refractivity contribution in [2.75, 3.05) is 32.7 Å². The van der Waals surface area contributed by atoms with Crippen molar-refractivity contribution in [1.82, 2.24) is 30.0 Å². The van der Waals surface area contributed by atoms with Gasteiger partial charge in [-0.2, -0.15) is 0 Å². The number of carbonyl (C=O) groups is 1. The van der Waals surface area contributed by atoms with Crippen LogP contribution in [0.4, 0.5) is 10.1 Å². The fourth-order valence-electron chi connectivity index (χ4n) is 6.02. The maximum atomic E-state index is 14.0. The molecule has 1 amide bonds. The molecular formula is C26H26FN7O. The molecule has 9 heteroatoms. The van der Waals surface area contributed by atoms with Crippen LogP contribution in [0.25, 0.3) is 10.5 Å². The lowest BCUT2D eigenvalue weighted by Crippen LogP contribution is -2.50. The Morgan fingerprint density at radius 2 is 1.91 bits per heavy atom. The molecule has 178 valence electrons. The Morgan fingerprint density at radius 3 is 2.69 bits per heavy atom. The predicted octanol–water partition coefficient (Wildman–Crippen LogP) is 3.26. The Hall–Kier alpha value is -3.64. The Morgan fingerprint density at radius 1 is 1.09 bits per heavy atom. The number of hydrogen-bond donors (Lipinski definition) is 0. The molecule has 3 aromatic rings. The number of carbonyl (C=O) groups excluding carboxylic acids is 1. The lowest BCUT2D eigenvalue weighted by molar-refractivity contribution is -0.134. The number of tetrazole rings is 1. The van der Waals surface area contributed by atoms with E-state index in [1.807, 2.05) is 17.0 Å². The summed E-state index contributed by atoms with van der Waals surface area (Å²) in [4.78, 5) is 21.3. The summed E-state index contributed by atoms with van der Waals surface area (Å²) < 4.78 is 15.6. The maximum absolute atomic E-state index is 14.0. The van der Waals surface area contributed by atoms with Crippen molar-refractivity contribution in [3.63, 3.8) is 0 Å². The fourth-order valence-corrected chi connectivity index (χ4v) is 6.02. The lowest BCUT2D eigenvalue weighted by atomic mass is 9.98. The first kappa shape index (κ1) is 21.9. The van der Waals surface area contributed by atoms with Crippen LogP contribution < -0.4 is 0 Å². The first-order valence-electron chi connectivity index (χ1n) is 12.2. The van der Waals surface area contributed by atoms with E-state index >= 15 is 0 Å². The zero-order chi connectivity index (χ0) is 23.9. The SMILES string of the molecule is [C-]#[N+]c1c(F)ccc2c1CCC2CN1CCN(C(=O)C2CCc3cc(-n4cnnn4)ccc32)CC1. The van der Waals surface area contributed by atoms with Gasteiger partial charge in [-0.3, -0.25) is 9.69 Å². The van der Waals surface area contributed by atoms with Gasteiger partial charge in [-0.15, -0.1) is 5.10 Å². The molecule has 0 radical (unpaired) electrons. The molecule has 1 aliphatic heterocycles. The molecule has 6 rings (SSSR count). The average Bonchev–Trinajstić information content (AvgIpc) is 3.64. The van der Waals surface area contributed by atoms with Gasteiger partial charge in [0.1, 0.15) is 12.1 Å². The van der Waals surface area contributed by atoms with Gasteiger partial charge in [-0.1, -0.05) is 17.7 Å². The normalized spacial score (nSPS) is 21.5. The van der Waals surface area contributed by atoms with E-state index in [0.717, 1.165) is 80.8 Å². The van der Waals surface area contributed by atoms with Crippen LogP contribution in [0, 0.1) is 12.4 Å². The minimum atomic E-state index is -0.411. The summed E-state index contributed by atoms with van der Waals surface area (Å²) in [6, 6.07) is 9.41. The highest BCUT2D eigenvalue weighted by Crippen LogP contribution is 2.40. The van der Waals surface area contributed by atoms with Gasteiger partial charge in [0.15, 0.2) is 0 Å². The summed E-state index contributed by atoms with van der Waals surface area (Å²) in [5.41, 5.74) is 5.45. The molecule has 35 heavy (non-hydrogen) atoms. The summed E-state index contributed by atoms with van der Waals surface area (Å²) in [6.45, 7) is 11.3. The molecule has 2 aromatic carbocycles. The summed E-state index contributed by atoms with van der Waals surface area (Å²) >= 11 is 0. The van der Waals surface area contributed by atoms with Gasteiger partial charge >= 0.3 is 0 Å². The number of hydrogen-bond acceptors (Lipinski definition) is 5. The average molecular weight is 472 g/mol. The third-order valence-electron chi connectivity index (χ3n) is 7.84. The lowest BCUT2D eigenvalue weighted by Gasteiger charge is -2.37. The highest BCUT2D eigenvalue weighted by atomic mass is 19.1. The van der Waals surface area contributed by atoms with Gasteiger partial charge in [0.2, 0.25) is 11.6 Å². The highest BCUT2D eigenvalue weighted by molar-refractivity contribution is 5.85. The maximum Gasteiger partial charge on any atom is 0.230 e. The standard InChI is InChI=1S/C26H26FN7O/c1-28-25-22-5-3-18(21(22)8-9-24(25)27)15-32-10-12-33(13-11-32)26(35)23-6-2-17-14-19(4-7-20(17)23)34-16-29-30-31-34/h4,7-9,14,16,18,23H,2-3,5-6,10-13,15H2. The van der Waals surface area contributed by atoms with E-state index in [2.05, 4.69) is 37.4 Å². The second kappa shape index (κ2) is 8.86. The first-order chi connectivity index (χ1) is 17.1. The summed E-state index contributed by atoms with van der Waals surface area (Å²) in [5.74, 6) is 0.0566. The Balaban J connectivity index is 1.08. The number of rotatable bonds is 4. The molecule has 1 fully saturated rings. The van der Waals surface area contributed by atoms with Crippen LogP contribution in [-0.2, 0) is 17.6 Å². The monoisotopic (exact) mass is 471 g/mol. The van der Waals surface area contributed by atoms with E-state index in [9.17, 15) is 9.18 Å². The molecule has 2 atom stereocenters. The van der Waals surface area contributed by atoms with Crippen LogP contribution in [0.1, 0.15) is 46.9 Å². The largest absolute Gasteiger partial charge is 0.340 e. The Kier molecular flexibility index (Phi) is 5.53. The quantitative estimate of drug-likeness (QED) is 0.547. The van der Waals surface area contributed by atoms with Gasteiger partial charge in [-0.05, 0) is 76.9 Å². The van der Waals surface area contributed by atoms with Crippen LogP contribution >= 0.6 is 0 Å².